The van der Waals surface area contributed by atoms with E-state index in [4.69, 9.17) is 0 Å². The van der Waals surface area contributed by atoms with Crippen LogP contribution < -0.4 is 0 Å². The number of hydrogen-bond acceptors (Lipinski definition) is 1. The molecule has 0 amide bonds. The van der Waals surface area contributed by atoms with Crippen LogP contribution in [0.3, 0.4) is 0 Å². The maximum absolute atomic E-state index is 12.4. The van der Waals surface area contributed by atoms with Gasteiger partial charge in [-0.25, -0.2) is 0 Å². The van der Waals surface area contributed by atoms with E-state index in [0.717, 1.165) is 48.8 Å². The van der Waals surface area contributed by atoms with Gasteiger partial charge in [0.05, 0.1) is 6.10 Å². The summed E-state index contributed by atoms with van der Waals surface area (Å²) in [6.45, 7) is 4.24. The lowest BCUT2D eigenvalue weighted by atomic mass is 9.69. The van der Waals surface area contributed by atoms with Gasteiger partial charge < -0.3 is 5.11 Å². The smallest absolute Gasteiger partial charge is 0.389 e. The van der Waals surface area contributed by atoms with Crippen molar-refractivity contribution in [2.75, 3.05) is 0 Å². The van der Waals surface area contributed by atoms with Crippen molar-refractivity contribution in [2.24, 2.45) is 5.41 Å². The van der Waals surface area contributed by atoms with Crippen LogP contribution in [0.4, 0.5) is 13.2 Å². The molecule has 1 aromatic carbocycles. The lowest BCUT2D eigenvalue weighted by molar-refractivity contribution is -0.133. The lowest BCUT2D eigenvalue weighted by Gasteiger charge is -2.36. The minimum absolute atomic E-state index is 0.0181. The fraction of sp³-hybridized carbons (Fsp3) is 0.556. The average molecular weight is 310 g/mol. The first-order chi connectivity index (χ1) is 10.3. The molecule has 0 atom stereocenters. The molecule has 2 aliphatic carbocycles. The van der Waals surface area contributed by atoms with Gasteiger partial charge in [0.15, 0.2) is 0 Å². The van der Waals surface area contributed by atoms with Crippen LogP contribution in [0.5, 0.6) is 0 Å². The Morgan fingerprint density at radius 2 is 1.91 bits per heavy atom. The SMILES string of the molecule is C=C1c2cc(CCC(F)(F)F)ccc2CC12CCC(O)CC2. The second-order valence-corrected chi connectivity index (χ2v) is 6.77. The maximum Gasteiger partial charge on any atom is 0.389 e. The van der Waals surface area contributed by atoms with Crippen molar-refractivity contribution in [3.63, 3.8) is 0 Å². The highest BCUT2D eigenvalue weighted by atomic mass is 19.4. The third kappa shape index (κ3) is 2.94. The van der Waals surface area contributed by atoms with E-state index in [1.165, 1.54) is 5.56 Å². The Morgan fingerprint density at radius 3 is 2.55 bits per heavy atom. The van der Waals surface area contributed by atoms with Crippen LogP contribution in [0.2, 0.25) is 0 Å². The fourth-order valence-electron chi connectivity index (χ4n) is 3.89. The van der Waals surface area contributed by atoms with Crippen molar-refractivity contribution in [1.29, 1.82) is 0 Å². The monoisotopic (exact) mass is 310 g/mol. The molecule has 1 nitrogen and oxygen atoms in total. The first-order valence-electron chi connectivity index (χ1n) is 7.85. The second kappa shape index (κ2) is 5.41. The molecule has 0 saturated heterocycles. The minimum atomic E-state index is -4.11. The van der Waals surface area contributed by atoms with E-state index < -0.39 is 12.6 Å². The van der Waals surface area contributed by atoms with Crippen LogP contribution in [-0.4, -0.2) is 17.4 Å². The highest BCUT2D eigenvalue weighted by Crippen LogP contribution is 2.54. The quantitative estimate of drug-likeness (QED) is 0.841. The van der Waals surface area contributed by atoms with E-state index >= 15 is 0 Å². The van der Waals surface area contributed by atoms with E-state index in [2.05, 4.69) is 6.58 Å². The summed E-state index contributed by atoms with van der Waals surface area (Å²) in [5.74, 6) is 0. The second-order valence-electron chi connectivity index (χ2n) is 6.77. The van der Waals surface area contributed by atoms with Crippen LogP contribution >= 0.6 is 0 Å². The Labute approximate surface area is 128 Å². The number of rotatable bonds is 2. The molecule has 120 valence electrons. The third-order valence-electron chi connectivity index (χ3n) is 5.28. The Hall–Kier alpha value is -1.29. The summed E-state index contributed by atoms with van der Waals surface area (Å²) in [6.07, 6.45) is -0.777. The molecule has 0 bridgehead atoms. The molecular weight excluding hydrogens is 289 g/mol. The molecule has 4 heteroatoms. The molecule has 0 unspecified atom stereocenters. The molecule has 0 aliphatic heterocycles. The first-order valence-corrected chi connectivity index (χ1v) is 7.85. The summed E-state index contributed by atoms with van der Waals surface area (Å²) in [5.41, 5.74) is 4.03. The molecule has 1 aromatic rings. The fourth-order valence-corrected chi connectivity index (χ4v) is 3.89. The molecule has 1 fully saturated rings. The Bertz CT molecular complexity index is 580. The summed E-state index contributed by atoms with van der Waals surface area (Å²) in [7, 11) is 0. The Balaban J connectivity index is 1.79. The van der Waals surface area contributed by atoms with Gasteiger partial charge in [-0.2, -0.15) is 13.2 Å². The van der Waals surface area contributed by atoms with Crippen molar-refractivity contribution >= 4 is 5.57 Å². The van der Waals surface area contributed by atoms with Gasteiger partial charge in [-0.15, -0.1) is 0 Å². The number of aryl methyl sites for hydroxylation is 1. The number of alkyl halides is 3. The largest absolute Gasteiger partial charge is 0.393 e. The van der Waals surface area contributed by atoms with Gasteiger partial charge in [0.25, 0.3) is 0 Å². The van der Waals surface area contributed by atoms with Gasteiger partial charge in [-0.3, -0.25) is 0 Å². The van der Waals surface area contributed by atoms with Crippen molar-refractivity contribution in [2.45, 2.75) is 57.2 Å². The van der Waals surface area contributed by atoms with Gasteiger partial charge >= 0.3 is 6.18 Å². The van der Waals surface area contributed by atoms with Crippen LogP contribution in [-0.2, 0) is 12.8 Å². The highest BCUT2D eigenvalue weighted by molar-refractivity contribution is 5.76. The summed E-state index contributed by atoms with van der Waals surface area (Å²) in [6, 6.07) is 5.67. The number of aliphatic hydroxyl groups is 1. The zero-order valence-electron chi connectivity index (χ0n) is 12.5. The molecule has 1 saturated carbocycles. The molecule has 0 heterocycles. The number of halogens is 3. The van der Waals surface area contributed by atoms with Gasteiger partial charge in [0, 0.05) is 6.42 Å². The molecular formula is C18H21F3O. The van der Waals surface area contributed by atoms with E-state index in [0.29, 0.717) is 0 Å². The standard InChI is InChI=1S/C18H21F3O/c1-12-16-10-13(4-9-18(19,20)21)2-3-14(16)11-17(12)7-5-15(22)6-8-17/h2-3,10,15,22H,1,4-9,11H2. The summed E-state index contributed by atoms with van der Waals surface area (Å²) in [4.78, 5) is 0. The average Bonchev–Trinajstić information content (AvgIpc) is 2.72. The van der Waals surface area contributed by atoms with Crippen molar-refractivity contribution < 1.29 is 18.3 Å². The predicted octanol–water partition coefficient (Wildman–Crippen LogP) is 4.67. The van der Waals surface area contributed by atoms with E-state index in [1.54, 1.807) is 0 Å². The third-order valence-corrected chi connectivity index (χ3v) is 5.28. The normalized spacial score (nSPS) is 28.2. The van der Waals surface area contributed by atoms with Crippen LogP contribution in [0, 0.1) is 5.41 Å². The molecule has 0 radical (unpaired) electrons. The first kappa shape index (κ1) is 15.6. The predicted molar refractivity (Wildman–Crippen MR) is 80.5 cm³/mol. The topological polar surface area (TPSA) is 20.2 Å². The van der Waals surface area contributed by atoms with Crippen LogP contribution in [0.25, 0.3) is 5.57 Å². The van der Waals surface area contributed by atoms with Gasteiger partial charge in [-0.1, -0.05) is 24.8 Å². The number of fused-ring (bicyclic) bond motifs is 1. The molecule has 1 spiro atoms. The summed E-state index contributed by atoms with van der Waals surface area (Å²) < 4.78 is 37.1. The zero-order valence-corrected chi connectivity index (χ0v) is 12.5. The van der Waals surface area contributed by atoms with Crippen LogP contribution in [0.1, 0.15) is 48.8 Å². The Morgan fingerprint density at radius 1 is 1.23 bits per heavy atom. The van der Waals surface area contributed by atoms with Crippen LogP contribution in [0.15, 0.2) is 24.8 Å². The number of benzene rings is 1. The summed E-state index contributed by atoms with van der Waals surface area (Å²) >= 11 is 0. The van der Waals surface area contributed by atoms with E-state index in [1.807, 2.05) is 18.2 Å². The van der Waals surface area contributed by atoms with Crippen molar-refractivity contribution in [3.8, 4) is 0 Å². The molecule has 22 heavy (non-hydrogen) atoms. The number of aliphatic hydroxyl groups excluding tert-OH is 1. The maximum atomic E-state index is 12.4. The zero-order chi connectivity index (χ0) is 16.0. The van der Waals surface area contributed by atoms with Gasteiger partial charge in [0.2, 0.25) is 0 Å². The lowest BCUT2D eigenvalue weighted by Crippen LogP contribution is -2.29. The minimum Gasteiger partial charge on any atom is -0.393 e. The molecule has 2 aliphatic rings. The van der Waals surface area contributed by atoms with Gasteiger partial charge in [-0.05, 0) is 66.2 Å². The van der Waals surface area contributed by atoms with Crippen molar-refractivity contribution in [1.82, 2.24) is 0 Å². The highest BCUT2D eigenvalue weighted by Gasteiger charge is 2.42. The Kier molecular flexibility index (Phi) is 3.84. The molecule has 0 aromatic heterocycles. The molecule has 1 N–H and O–H groups in total. The molecule has 3 rings (SSSR count). The van der Waals surface area contributed by atoms with Crippen molar-refractivity contribution in [3.05, 3.63) is 41.5 Å². The van der Waals surface area contributed by atoms with E-state index in [-0.39, 0.29) is 17.9 Å². The number of allylic oxidation sites excluding steroid dienone is 1. The summed E-state index contributed by atoms with van der Waals surface area (Å²) in [5, 5.41) is 9.71. The van der Waals surface area contributed by atoms with Gasteiger partial charge in [0.1, 0.15) is 0 Å². The number of hydrogen-bond donors (Lipinski definition) is 1. The van der Waals surface area contributed by atoms with E-state index in [9.17, 15) is 18.3 Å².